The molecule has 0 bridgehead atoms. The highest BCUT2D eigenvalue weighted by atomic mass is 19.4. The first-order chi connectivity index (χ1) is 12.0. The van der Waals surface area contributed by atoms with Gasteiger partial charge in [-0.2, -0.15) is 18.6 Å². The summed E-state index contributed by atoms with van der Waals surface area (Å²) in [4.78, 5) is 3.94. The Hall–Kier alpha value is -2.72. The highest BCUT2D eigenvalue weighted by molar-refractivity contribution is 5.95. The van der Waals surface area contributed by atoms with Gasteiger partial charge in [0, 0.05) is 11.3 Å². The van der Waals surface area contributed by atoms with Gasteiger partial charge in [0.1, 0.15) is 11.6 Å². The third kappa shape index (κ3) is 3.75. The van der Waals surface area contributed by atoms with Crippen LogP contribution in [0.5, 0.6) is 0 Å². The minimum absolute atomic E-state index is 0.0287. The Balaban J connectivity index is 2.07. The zero-order valence-electron chi connectivity index (χ0n) is 13.4. The van der Waals surface area contributed by atoms with E-state index in [0.29, 0.717) is 0 Å². The third-order valence-corrected chi connectivity index (χ3v) is 3.55. The number of guanidine groups is 1. The second-order valence-corrected chi connectivity index (χ2v) is 5.87. The average molecular weight is 371 g/mol. The fourth-order valence-corrected chi connectivity index (χ4v) is 2.51. The van der Waals surface area contributed by atoms with Crippen LogP contribution in [0.4, 0.5) is 27.6 Å². The van der Waals surface area contributed by atoms with E-state index in [1.54, 1.807) is 0 Å². The highest BCUT2D eigenvalue weighted by Crippen LogP contribution is 2.40. The molecule has 0 amide bonds. The number of hydrazine groups is 1. The molecule has 10 heteroatoms. The average Bonchev–Trinajstić information content (AvgIpc) is 2.84. The van der Waals surface area contributed by atoms with Crippen molar-refractivity contribution in [1.29, 1.82) is 0 Å². The van der Waals surface area contributed by atoms with E-state index in [0.717, 1.165) is 24.3 Å². The number of hydrogen-bond donors (Lipinski definition) is 4. The standard InChI is InChI=1S/C16H14F5N5/c1-15(22)24-14(25-26-15)23-10-6-11(16(19,20)21)13(12(18)7-10)8-3-2-4-9(17)5-8/h2-7,26H,22H2,1H3,(H2,23,24,25). The molecule has 5 N–H and O–H groups in total. The molecular weight excluding hydrogens is 357 g/mol. The molecule has 1 atom stereocenters. The van der Waals surface area contributed by atoms with Crippen molar-refractivity contribution in [3.8, 4) is 11.1 Å². The number of anilines is 1. The van der Waals surface area contributed by atoms with E-state index in [-0.39, 0.29) is 17.2 Å². The molecule has 0 radical (unpaired) electrons. The monoisotopic (exact) mass is 371 g/mol. The number of halogens is 5. The van der Waals surface area contributed by atoms with Gasteiger partial charge in [0.2, 0.25) is 5.96 Å². The molecule has 138 valence electrons. The van der Waals surface area contributed by atoms with Gasteiger partial charge in [-0.1, -0.05) is 12.1 Å². The lowest BCUT2D eigenvalue weighted by Gasteiger charge is -2.17. The largest absolute Gasteiger partial charge is 0.417 e. The van der Waals surface area contributed by atoms with Crippen LogP contribution in [0.15, 0.2) is 41.4 Å². The summed E-state index contributed by atoms with van der Waals surface area (Å²) in [6.45, 7) is 1.52. The van der Waals surface area contributed by atoms with Crippen molar-refractivity contribution in [3.05, 3.63) is 53.6 Å². The Morgan fingerprint density at radius 2 is 1.88 bits per heavy atom. The second-order valence-electron chi connectivity index (χ2n) is 5.87. The van der Waals surface area contributed by atoms with Crippen molar-refractivity contribution in [2.75, 3.05) is 5.32 Å². The number of benzene rings is 2. The number of hydrogen-bond acceptors (Lipinski definition) is 5. The van der Waals surface area contributed by atoms with E-state index in [1.807, 2.05) is 0 Å². The Bertz CT molecular complexity index is 876. The van der Waals surface area contributed by atoms with Gasteiger partial charge in [0.25, 0.3) is 0 Å². The summed E-state index contributed by atoms with van der Waals surface area (Å²) in [5.41, 5.74) is 8.40. The first-order valence-corrected chi connectivity index (χ1v) is 7.41. The summed E-state index contributed by atoms with van der Waals surface area (Å²) in [5, 5.41) is 2.52. The zero-order valence-corrected chi connectivity index (χ0v) is 13.4. The molecule has 1 heterocycles. The molecule has 1 aliphatic rings. The molecule has 0 saturated carbocycles. The summed E-state index contributed by atoms with van der Waals surface area (Å²) in [6, 6.07) is 5.90. The molecule has 2 aromatic rings. The molecule has 1 aliphatic heterocycles. The molecule has 5 nitrogen and oxygen atoms in total. The molecule has 0 aromatic heterocycles. The minimum Gasteiger partial charge on any atom is -0.325 e. The van der Waals surface area contributed by atoms with Crippen molar-refractivity contribution in [2.24, 2.45) is 10.7 Å². The molecule has 1 unspecified atom stereocenters. The van der Waals surface area contributed by atoms with Gasteiger partial charge in [-0.15, -0.1) is 0 Å². The fourth-order valence-electron chi connectivity index (χ4n) is 2.51. The number of alkyl halides is 3. The second kappa shape index (κ2) is 6.22. The summed E-state index contributed by atoms with van der Waals surface area (Å²) in [6.07, 6.45) is -4.86. The summed E-state index contributed by atoms with van der Waals surface area (Å²) >= 11 is 0. The van der Waals surface area contributed by atoms with Gasteiger partial charge in [-0.25, -0.2) is 13.8 Å². The number of rotatable bonds is 2. The van der Waals surface area contributed by atoms with Gasteiger partial charge >= 0.3 is 6.18 Å². The van der Waals surface area contributed by atoms with Crippen LogP contribution in [0, 0.1) is 11.6 Å². The summed E-state index contributed by atoms with van der Waals surface area (Å²) < 4.78 is 68.3. The SMILES string of the molecule is CC1(N)N=C(Nc2cc(F)c(-c3cccc(F)c3)c(C(F)(F)F)c2)NN1. The minimum atomic E-state index is -4.86. The van der Waals surface area contributed by atoms with Crippen LogP contribution in [0.3, 0.4) is 0 Å². The maximum absolute atomic E-state index is 14.5. The van der Waals surface area contributed by atoms with E-state index >= 15 is 0 Å². The molecule has 0 spiro atoms. The van der Waals surface area contributed by atoms with Crippen LogP contribution in [-0.2, 0) is 6.18 Å². The van der Waals surface area contributed by atoms with Crippen LogP contribution in [0.1, 0.15) is 12.5 Å². The maximum atomic E-state index is 14.5. The van der Waals surface area contributed by atoms with Gasteiger partial charge in [-0.3, -0.25) is 11.2 Å². The van der Waals surface area contributed by atoms with Crippen LogP contribution in [0.25, 0.3) is 11.1 Å². The van der Waals surface area contributed by atoms with Crippen molar-refractivity contribution in [1.82, 2.24) is 10.9 Å². The summed E-state index contributed by atoms with van der Waals surface area (Å²) in [5.74, 6) is -3.05. The molecule has 0 saturated heterocycles. The van der Waals surface area contributed by atoms with Gasteiger partial charge in [0.15, 0.2) is 5.79 Å². The molecule has 3 rings (SSSR count). The first-order valence-electron chi connectivity index (χ1n) is 7.41. The Kier molecular flexibility index (Phi) is 4.32. The normalized spacial score (nSPS) is 19.9. The maximum Gasteiger partial charge on any atom is 0.417 e. The predicted molar refractivity (Wildman–Crippen MR) is 86.7 cm³/mol. The molecule has 0 aliphatic carbocycles. The van der Waals surface area contributed by atoms with Crippen LogP contribution >= 0.6 is 0 Å². The lowest BCUT2D eigenvalue weighted by atomic mass is 9.97. The summed E-state index contributed by atoms with van der Waals surface area (Å²) in [7, 11) is 0. The van der Waals surface area contributed by atoms with E-state index in [2.05, 4.69) is 21.2 Å². The Morgan fingerprint density at radius 3 is 2.46 bits per heavy atom. The highest BCUT2D eigenvalue weighted by Gasteiger charge is 2.36. The van der Waals surface area contributed by atoms with Crippen molar-refractivity contribution in [3.63, 3.8) is 0 Å². The number of nitrogens with one attached hydrogen (secondary N) is 3. The third-order valence-electron chi connectivity index (χ3n) is 3.55. The van der Waals surface area contributed by atoms with Crippen LogP contribution in [0.2, 0.25) is 0 Å². The van der Waals surface area contributed by atoms with Gasteiger partial charge in [0.05, 0.1) is 5.56 Å². The van der Waals surface area contributed by atoms with E-state index in [4.69, 9.17) is 5.73 Å². The predicted octanol–water partition coefficient (Wildman–Crippen LogP) is 3.16. The Labute approximate surface area is 145 Å². The lowest BCUT2D eigenvalue weighted by Crippen LogP contribution is -2.50. The molecule has 26 heavy (non-hydrogen) atoms. The van der Waals surface area contributed by atoms with E-state index in [1.165, 1.54) is 19.1 Å². The van der Waals surface area contributed by atoms with Crippen molar-refractivity contribution in [2.45, 2.75) is 18.9 Å². The first kappa shape index (κ1) is 18.1. The number of aliphatic imine (C=N–C) groups is 1. The zero-order chi connectivity index (χ0) is 19.1. The number of nitrogens with zero attached hydrogens (tertiary/aromatic N) is 1. The molecule has 0 fully saturated rings. The fraction of sp³-hybridized carbons (Fsp3) is 0.188. The van der Waals surface area contributed by atoms with Crippen molar-refractivity contribution >= 4 is 11.6 Å². The van der Waals surface area contributed by atoms with E-state index in [9.17, 15) is 22.0 Å². The van der Waals surface area contributed by atoms with Crippen LogP contribution in [-0.4, -0.2) is 11.7 Å². The molecule has 2 aromatic carbocycles. The topological polar surface area (TPSA) is 74.5 Å². The quantitative estimate of drug-likeness (QED) is 0.612. The number of nitrogens with two attached hydrogens (primary N) is 1. The smallest absolute Gasteiger partial charge is 0.325 e. The Morgan fingerprint density at radius 1 is 1.15 bits per heavy atom. The van der Waals surface area contributed by atoms with Crippen LogP contribution < -0.4 is 21.9 Å². The van der Waals surface area contributed by atoms with Gasteiger partial charge < -0.3 is 5.32 Å². The van der Waals surface area contributed by atoms with Gasteiger partial charge in [-0.05, 0) is 36.8 Å². The van der Waals surface area contributed by atoms with E-state index < -0.39 is 34.7 Å². The molecular formula is C16H14F5N5. The van der Waals surface area contributed by atoms with Crippen molar-refractivity contribution < 1.29 is 22.0 Å². The lowest BCUT2D eigenvalue weighted by molar-refractivity contribution is -0.137.